The number of aryl methyl sites for hydroxylation is 1. The highest BCUT2D eigenvalue weighted by Gasteiger charge is 2.05. The lowest BCUT2D eigenvalue weighted by atomic mass is 10.2. The molecule has 0 aliphatic carbocycles. The molecule has 2 N–H and O–H groups in total. The van der Waals surface area contributed by atoms with Crippen molar-refractivity contribution in [1.29, 1.82) is 0 Å². The molecule has 0 radical (unpaired) electrons. The van der Waals surface area contributed by atoms with Gasteiger partial charge in [0.2, 0.25) is 5.91 Å². The highest BCUT2D eigenvalue weighted by Crippen LogP contribution is 2.20. The van der Waals surface area contributed by atoms with Crippen LogP contribution in [0.2, 0.25) is 0 Å². The largest absolute Gasteiger partial charge is 0.381 e. The number of nitrogens with zero attached hydrogens (tertiary/aromatic N) is 2. The molecule has 6 heteroatoms. The van der Waals surface area contributed by atoms with E-state index in [1.54, 1.807) is 18.3 Å². The third-order valence-corrected chi connectivity index (χ3v) is 2.78. The summed E-state index contributed by atoms with van der Waals surface area (Å²) in [6.45, 7) is 4.77. The van der Waals surface area contributed by atoms with Gasteiger partial charge in [0.05, 0.1) is 11.9 Å². The van der Waals surface area contributed by atoms with E-state index in [2.05, 4.69) is 15.7 Å². The summed E-state index contributed by atoms with van der Waals surface area (Å²) in [4.78, 5) is 11.0. The zero-order chi connectivity index (χ0) is 14.5. The van der Waals surface area contributed by atoms with Gasteiger partial charge in [-0.15, -0.1) is 0 Å². The van der Waals surface area contributed by atoms with Gasteiger partial charge in [-0.3, -0.25) is 9.48 Å². The predicted octanol–water partition coefficient (Wildman–Crippen LogP) is 2.61. The quantitative estimate of drug-likeness (QED) is 0.882. The van der Waals surface area contributed by atoms with Gasteiger partial charge >= 0.3 is 0 Å². The number of carbonyl (C=O) groups is 1. The molecule has 0 unspecified atom stereocenters. The summed E-state index contributed by atoms with van der Waals surface area (Å²) in [7, 11) is 0. The Morgan fingerprint density at radius 3 is 2.90 bits per heavy atom. The maximum Gasteiger partial charge on any atom is 0.221 e. The first kappa shape index (κ1) is 14.0. The Kier molecular flexibility index (Phi) is 4.34. The zero-order valence-corrected chi connectivity index (χ0v) is 11.5. The van der Waals surface area contributed by atoms with Crippen LogP contribution in [0.5, 0.6) is 0 Å². The van der Waals surface area contributed by atoms with Gasteiger partial charge in [-0.2, -0.15) is 5.10 Å². The van der Waals surface area contributed by atoms with Crippen LogP contribution in [-0.4, -0.2) is 15.7 Å². The van der Waals surface area contributed by atoms with Gasteiger partial charge in [0, 0.05) is 37.5 Å². The summed E-state index contributed by atoms with van der Waals surface area (Å²) in [5, 5.41) is 9.80. The standard InChI is InChI=1S/C14H17FN4O/c1-3-19-9-11(8-17-19)7-16-12-4-5-13(15)14(6-12)18-10(2)20/h4-6,8-9,16H,3,7H2,1-2H3,(H,18,20). The SMILES string of the molecule is CCn1cc(CNc2ccc(F)c(NC(C)=O)c2)cn1. The second kappa shape index (κ2) is 6.18. The van der Waals surface area contributed by atoms with Crippen molar-refractivity contribution in [3.8, 4) is 0 Å². The van der Waals surface area contributed by atoms with Gasteiger partial charge in [-0.05, 0) is 25.1 Å². The van der Waals surface area contributed by atoms with E-state index in [4.69, 9.17) is 0 Å². The topological polar surface area (TPSA) is 59.0 Å². The molecule has 2 rings (SSSR count). The van der Waals surface area contributed by atoms with Gasteiger partial charge in [0.15, 0.2) is 0 Å². The van der Waals surface area contributed by atoms with Gasteiger partial charge < -0.3 is 10.6 Å². The van der Waals surface area contributed by atoms with Crippen LogP contribution >= 0.6 is 0 Å². The fourth-order valence-electron chi connectivity index (χ4n) is 1.80. The summed E-state index contributed by atoms with van der Waals surface area (Å²) < 4.78 is 15.3. The van der Waals surface area contributed by atoms with Crippen molar-refractivity contribution < 1.29 is 9.18 Å². The third kappa shape index (κ3) is 3.57. The molecule has 106 valence electrons. The number of anilines is 2. The zero-order valence-electron chi connectivity index (χ0n) is 11.5. The fourth-order valence-corrected chi connectivity index (χ4v) is 1.80. The highest BCUT2D eigenvalue weighted by molar-refractivity contribution is 5.89. The minimum Gasteiger partial charge on any atom is -0.381 e. The van der Waals surface area contributed by atoms with Gasteiger partial charge in [0.25, 0.3) is 0 Å². The molecule has 0 bridgehead atoms. The van der Waals surface area contributed by atoms with Crippen molar-refractivity contribution in [2.24, 2.45) is 0 Å². The van der Waals surface area contributed by atoms with Crippen molar-refractivity contribution in [3.05, 3.63) is 42.0 Å². The molecule has 20 heavy (non-hydrogen) atoms. The number of aromatic nitrogens is 2. The van der Waals surface area contributed by atoms with Crippen molar-refractivity contribution in [2.45, 2.75) is 26.9 Å². The Bertz CT molecular complexity index is 609. The normalized spacial score (nSPS) is 10.3. The van der Waals surface area contributed by atoms with E-state index in [1.807, 2.05) is 17.8 Å². The molecule has 1 amide bonds. The van der Waals surface area contributed by atoms with Crippen molar-refractivity contribution in [2.75, 3.05) is 10.6 Å². The molecule has 1 aromatic heterocycles. The van der Waals surface area contributed by atoms with Crippen LogP contribution in [0, 0.1) is 5.82 Å². The van der Waals surface area contributed by atoms with E-state index < -0.39 is 5.82 Å². The molecule has 0 saturated carbocycles. The Labute approximate surface area is 116 Å². The first-order valence-corrected chi connectivity index (χ1v) is 6.41. The predicted molar refractivity (Wildman–Crippen MR) is 75.9 cm³/mol. The molecular weight excluding hydrogens is 259 g/mol. The average Bonchev–Trinajstić information content (AvgIpc) is 2.87. The summed E-state index contributed by atoms with van der Waals surface area (Å²) in [5.41, 5.74) is 1.95. The van der Waals surface area contributed by atoms with E-state index >= 15 is 0 Å². The van der Waals surface area contributed by atoms with Crippen molar-refractivity contribution in [1.82, 2.24) is 9.78 Å². The first-order chi connectivity index (χ1) is 9.58. The minimum atomic E-state index is -0.454. The number of nitrogens with one attached hydrogen (secondary N) is 2. The van der Waals surface area contributed by atoms with Crippen molar-refractivity contribution in [3.63, 3.8) is 0 Å². The second-order valence-electron chi connectivity index (χ2n) is 4.43. The third-order valence-electron chi connectivity index (χ3n) is 2.78. The Morgan fingerprint density at radius 2 is 2.25 bits per heavy atom. The molecular formula is C14H17FN4O. The van der Waals surface area contributed by atoms with Crippen LogP contribution in [0.1, 0.15) is 19.4 Å². The number of rotatable bonds is 5. The van der Waals surface area contributed by atoms with Gasteiger partial charge in [0.1, 0.15) is 5.82 Å². The van der Waals surface area contributed by atoms with Crippen LogP contribution < -0.4 is 10.6 Å². The molecule has 0 spiro atoms. The average molecular weight is 276 g/mol. The number of hydrogen-bond acceptors (Lipinski definition) is 3. The second-order valence-corrected chi connectivity index (χ2v) is 4.43. The summed E-state index contributed by atoms with van der Waals surface area (Å²) in [6, 6.07) is 4.52. The molecule has 5 nitrogen and oxygen atoms in total. The number of amides is 1. The minimum absolute atomic E-state index is 0.173. The lowest BCUT2D eigenvalue weighted by Gasteiger charge is -2.09. The lowest BCUT2D eigenvalue weighted by molar-refractivity contribution is -0.114. The Morgan fingerprint density at radius 1 is 1.45 bits per heavy atom. The number of benzene rings is 1. The van der Waals surface area contributed by atoms with E-state index in [-0.39, 0.29) is 11.6 Å². The molecule has 0 saturated heterocycles. The number of halogens is 1. The number of hydrogen-bond donors (Lipinski definition) is 2. The Hall–Kier alpha value is -2.37. The highest BCUT2D eigenvalue weighted by atomic mass is 19.1. The van der Waals surface area contributed by atoms with Crippen LogP contribution in [0.4, 0.5) is 15.8 Å². The van der Waals surface area contributed by atoms with E-state index in [0.717, 1.165) is 17.8 Å². The van der Waals surface area contributed by atoms with Crippen LogP contribution in [0.15, 0.2) is 30.6 Å². The maximum absolute atomic E-state index is 13.5. The number of carbonyl (C=O) groups excluding carboxylic acids is 1. The van der Waals surface area contributed by atoms with Crippen LogP contribution in [0.3, 0.4) is 0 Å². The summed E-state index contributed by atoms with van der Waals surface area (Å²) >= 11 is 0. The van der Waals surface area contributed by atoms with Crippen LogP contribution in [-0.2, 0) is 17.9 Å². The van der Waals surface area contributed by atoms with Gasteiger partial charge in [-0.1, -0.05) is 0 Å². The molecule has 1 aromatic carbocycles. The molecule has 0 fully saturated rings. The molecule has 0 atom stereocenters. The monoisotopic (exact) mass is 276 g/mol. The maximum atomic E-state index is 13.5. The van der Waals surface area contributed by atoms with E-state index in [1.165, 1.54) is 13.0 Å². The molecule has 0 aliphatic rings. The van der Waals surface area contributed by atoms with Gasteiger partial charge in [-0.25, -0.2) is 4.39 Å². The molecule has 0 aliphatic heterocycles. The smallest absolute Gasteiger partial charge is 0.221 e. The Balaban J connectivity index is 2.03. The lowest BCUT2D eigenvalue weighted by Crippen LogP contribution is -2.08. The van der Waals surface area contributed by atoms with Crippen molar-refractivity contribution >= 4 is 17.3 Å². The van der Waals surface area contributed by atoms with E-state index in [9.17, 15) is 9.18 Å². The summed E-state index contributed by atoms with van der Waals surface area (Å²) in [6.07, 6.45) is 3.74. The molecule has 2 aromatic rings. The first-order valence-electron chi connectivity index (χ1n) is 6.41. The summed E-state index contributed by atoms with van der Waals surface area (Å²) in [5.74, 6) is -0.755. The fraction of sp³-hybridized carbons (Fsp3) is 0.286. The van der Waals surface area contributed by atoms with E-state index in [0.29, 0.717) is 6.54 Å². The van der Waals surface area contributed by atoms with Crippen LogP contribution in [0.25, 0.3) is 0 Å². The molecule has 1 heterocycles.